The smallest absolute Gasteiger partial charge is 0.0925 e. The van der Waals surface area contributed by atoms with E-state index in [9.17, 15) is 0 Å². The molecule has 1 atom stereocenters. The standard InChI is InChI=1S/C22H35N3S/c23-21(12-11-18-7-3-1-4-8-18)22(26)24-20-13-15-25(16-14-20)17-19-9-5-2-6-10-19/h2,5-6,9-10,18,20-21H,1,3-4,7-8,11-17,23H2,(H,24,26)/t21-/m1/s1. The van der Waals surface area contributed by atoms with Gasteiger partial charge < -0.3 is 11.1 Å². The topological polar surface area (TPSA) is 41.3 Å². The fourth-order valence-corrected chi connectivity index (χ4v) is 4.69. The summed E-state index contributed by atoms with van der Waals surface area (Å²) in [5.74, 6) is 0.888. The van der Waals surface area contributed by atoms with Crippen molar-refractivity contribution >= 4 is 17.2 Å². The lowest BCUT2D eigenvalue weighted by Crippen LogP contribution is -2.48. The minimum Gasteiger partial charge on any atom is -0.376 e. The van der Waals surface area contributed by atoms with Gasteiger partial charge in [0.15, 0.2) is 0 Å². The molecule has 0 amide bonds. The summed E-state index contributed by atoms with van der Waals surface area (Å²) < 4.78 is 0. The van der Waals surface area contributed by atoms with Crippen LogP contribution < -0.4 is 11.1 Å². The molecule has 1 aliphatic heterocycles. The van der Waals surface area contributed by atoms with Crippen molar-refractivity contribution in [3.05, 3.63) is 35.9 Å². The van der Waals surface area contributed by atoms with Crippen LogP contribution in [-0.4, -0.2) is 35.1 Å². The largest absolute Gasteiger partial charge is 0.376 e. The summed E-state index contributed by atoms with van der Waals surface area (Å²) in [6.07, 6.45) is 11.6. The zero-order valence-corrected chi connectivity index (χ0v) is 16.9. The molecule has 3 N–H and O–H groups in total. The van der Waals surface area contributed by atoms with Crippen LogP contribution in [0.15, 0.2) is 30.3 Å². The number of piperidine rings is 1. The summed E-state index contributed by atoms with van der Waals surface area (Å²) in [6.45, 7) is 3.32. The van der Waals surface area contributed by atoms with Crippen molar-refractivity contribution in [3.63, 3.8) is 0 Å². The Kier molecular flexibility index (Phi) is 7.90. The molecule has 1 aromatic rings. The van der Waals surface area contributed by atoms with Crippen LogP contribution in [0.5, 0.6) is 0 Å². The maximum Gasteiger partial charge on any atom is 0.0925 e. The summed E-state index contributed by atoms with van der Waals surface area (Å²) in [5, 5.41) is 3.57. The molecule has 1 heterocycles. The Morgan fingerprint density at radius 1 is 1.08 bits per heavy atom. The number of nitrogens with one attached hydrogen (secondary N) is 1. The van der Waals surface area contributed by atoms with E-state index >= 15 is 0 Å². The van der Waals surface area contributed by atoms with E-state index in [1.165, 1.54) is 44.1 Å². The number of thiocarbonyl (C=S) groups is 1. The van der Waals surface area contributed by atoms with Crippen molar-refractivity contribution in [3.8, 4) is 0 Å². The summed E-state index contributed by atoms with van der Waals surface area (Å²) in [4.78, 5) is 3.43. The fourth-order valence-electron chi connectivity index (χ4n) is 4.41. The first-order valence-electron chi connectivity index (χ1n) is 10.5. The molecule has 0 spiro atoms. The lowest BCUT2D eigenvalue weighted by Gasteiger charge is -2.33. The van der Waals surface area contributed by atoms with E-state index in [0.717, 1.165) is 49.8 Å². The second-order valence-electron chi connectivity index (χ2n) is 8.23. The van der Waals surface area contributed by atoms with Gasteiger partial charge >= 0.3 is 0 Å². The van der Waals surface area contributed by atoms with E-state index in [1.807, 2.05) is 0 Å². The second-order valence-corrected chi connectivity index (χ2v) is 8.67. The minimum absolute atomic E-state index is 0.0364. The Morgan fingerprint density at radius 2 is 1.77 bits per heavy atom. The number of nitrogens with zero attached hydrogens (tertiary/aromatic N) is 1. The van der Waals surface area contributed by atoms with E-state index in [2.05, 4.69) is 40.5 Å². The molecule has 2 aliphatic rings. The molecule has 4 heteroatoms. The van der Waals surface area contributed by atoms with Crippen molar-refractivity contribution in [2.24, 2.45) is 11.7 Å². The molecule has 0 radical (unpaired) electrons. The fraction of sp³-hybridized carbons (Fsp3) is 0.682. The highest BCUT2D eigenvalue weighted by atomic mass is 32.1. The molecule has 2 fully saturated rings. The van der Waals surface area contributed by atoms with Gasteiger partial charge in [-0.3, -0.25) is 4.90 Å². The molecule has 1 aliphatic carbocycles. The molecule has 1 saturated heterocycles. The first kappa shape index (κ1) is 19.8. The summed E-state index contributed by atoms with van der Waals surface area (Å²) in [7, 11) is 0. The lowest BCUT2D eigenvalue weighted by molar-refractivity contribution is 0.199. The molecule has 3 rings (SSSR count). The molecule has 1 aromatic carbocycles. The van der Waals surface area contributed by atoms with Gasteiger partial charge in [0.2, 0.25) is 0 Å². The highest BCUT2D eigenvalue weighted by molar-refractivity contribution is 7.80. The highest BCUT2D eigenvalue weighted by Gasteiger charge is 2.22. The molecule has 0 aromatic heterocycles. The minimum atomic E-state index is 0.0364. The summed E-state index contributed by atoms with van der Waals surface area (Å²) in [6, 6.07) is 11.3. The first-order chi connectivity index (χ1) is 12.7. The number of hydrogen-bond donors (Lipinski definition) is 2. The van der Waals surface area contributed by atoms with Gasteiger partial charge in [-0.1, -0.05) is 74.7 Å². The van der Waals surface area contributed by atoms with E-state index in [1.54, 1.807) is 0 Å². The Hall–Kier alpha value is -0.970. The van der Waals surface area contributed by atoms with Crippen LogP contribution in [0.1, 0.15) is 63.4 Å². The predicted molar refractivity (Wildman–Crippen MR) is 114 cm³/mol. The summed E-state index contributed by atoms with van der Waals surface area (Å²) in [5.41, 5.74) is 7.77. The Bertz CT molecular complexity index is 534. The lowest BCUT2D eigenvalue weighted by atomic mass is 9.85. The van der Waals surface area contributed by atoms with Crippen LogP contribution in [0.4, 0.5) is 0 Å². The maximum atomic E-state index is 6.37. The third-order valence-electron chi connectivity index (χ3n) is 6.13. The third-order valence-corrected chi connectivity index (χ3v) is 6.55. The van der Waals surface area contributed by atoms with E-state index in [-0.39, 0.29) is 6.04 Å². The maximum absolute atomic E-state index is 6.37. The predicted octanol–water partition coefficient (Wildman–Crippen LogP) is 4.26. The monoisotopic (exact) mass is 373 g/mol. The molecule has 0 bridgehead atoms. The Morgan fingerprint density at radius 3 is 2.46 bits per heavy atom. The van der Waals surface area contributed by atoms with Crippen LogP contribution in [0, 0.1) is 5.92 Å². The summed E-state index contributed by atoms with van der Waals surface area (Å²) >= 11 is 5.61. The molecule has 0 unspecified atom stereocenters. The quantitative estimate of drug-likeness (QED) is 0.701. The molecule has 1 saturated carbocycles. The van der Waals surface area contributed by atoms with Crippen molar-refractivity contribution in [1.29, 1.82) is 0 Å². The van der Waals surface area contributed by atoms with E-state index in [4.69, 9.17) is 18.0 Å². The molecular weight excluding hydrogens is 338 g/mol. The average Bonchev–Trinajstić information content (AvgIpc) is 2.69. The van der Waals surface area contributed by atoms with E-state index < -0.39 is 0 Å². The van der Waals surface area contributed by atoms with Gasteiger partial charge in [0.05, 0.1) is 11.0 Å². The second kappa shape index (κ2) is 10.4. The van der Waals surface area contributed by atoms with Crippen LogP contribution >= 0.6 is 12.2 Å². The zero-order chi connectivity index (χ0) is 18.2. The normalized spacial score (nSPS) is 21.4. The average molecular weight is 374 g/mol. The van der Waals surface area contributed by atoms with Crippen LogP contribution in [-0.2, 0) is 6.54 Å². The van der Waals surface area contributed by atoms with Crippen LogP contribution in [0.2, 0.25) is 0 Å². The van der Waals surface area contributed by atoms with E-state index in [0.29, 0.717) is 6.04 Å². The molecule has 3 nitrogen and oxygen atoms in total. The van der Waals surface area contributed by atoms with Gasteiger partial charge in [-0.15, -0.1) is 0 Å². The van der Waals surface area contributed by atoms with Crippen molar-refractivity contribution in [1.82, 2.24) is 10.2 Å². The van der Waals surface area contributed by atoms with Crippen LogP contribution in [0.25, 0.3) is 0 Å². The number of rotatable bonds is 7. The molecular formula is C22H35N3S. The van der Waals surface area contributed by atoms with Gasteiger partial charge in [0, 0.05) is 25.7 Å². The first-order valence-corrected chi connectivity index (χ1v) is 10.9. The molecule has 144 valence electrons. The van der Waals surface area contributed by atoms with Crippen LogP contribution in [0.3, 0.4) is 0 Å². The highest BCUT2D eigenvalue weighted by Crippen LogP contribution is 2.27. The van der Waals surface area contributed by atoms with Gasteiger partial charge in [-0.05, 0) is 37.2 Å². The number of benzene rings is 1. The van der Waals surface area contributed by atoms with Gasteiger partial charge in [0.1, 0.15) is 0 Å². The molecule has 26 heavy (non-hydrogen) atoms. The van der Waals surface area contributed by atoms with Gasteiger partial charge in [-0.2, -0.15) is 0 Å². The zero-order valence-electron chi connectivity index (χ0n) is 16.0. The number of nitrogens with two attached hydrogens (primary N) is 1. The third kappa shape index (κ3) is 6.33. The van der Waals surface area contributed by atoms with Gasteiger partial charge in [0.25, 0.3) is 0 Å². The SMILES string of the molecule is N[C@H](CCC1CCCCC1)C(=S)NC1CCN(Cc2ccccc2)CC1. The Labute approximate surface area is 164 Å². The number of hydrogen-bond acceptors (Lipinski definition) is 3. The van der Waals surface area contributed by atoms with Gasteiger partial charge in [-0.25, -0.2) is 0 Å². The van der Waals surface area contributed by atoms with Crippen molar-refractivity contribution in [2.45, 2.75) is 76.4 Å². The number of likely N-dealkylation sites (tertiary alicyclic amines) is 1. The van der Waals surface area contributed by atoms with Crippen molar-refractivity contribution < 1.29 is 0 Å². The Balaban J connectivity index is 1.33. The van der Waals surface area contributed by atoms with Crippen molar-refractivity contribution in [2.75, 3.05) is 13.1 Å².